The Kier molecular flexibility index (Phi) is 6.22. The highest BCUT2D eigenvalue weighted by atomic mass is 32.2. The molecule has 0 radical (unpaired) electrons. The summed E-state index contributed by atoms with van der Waals surface area (Å²) in [7, 11) is -1.34. The molecule has 2 unspecified atom stereocenters. The summed E-state index contributed by atoms with van der Waals surface area (Å²) in [5, 5.41) is 0. The Morgan fingerprint density at radius 3 is 2.19 bits per heavy atom. The molecule has 9 heteroatoms. The first-order valence-electron chi connectivity index (χ1n) is 9.09. The zero-order valence-electron chi connectivity index (χ0n) is 16.4. The minimum atomic E-state index is -3.02. The number of rotatable bonds is 3. The van der Waals surface area contributed by atoms with Gasteiger partial charge in [0.15, 0.2) is 9.84 Å². The van der Waals surface area contributed by atoms with E-state index in [0.29, 0.717) is 32.6 Å². The second-order valence-electron chi connectivity index (χ2n) is 8.19. The number of piperazine rings is 1. The van der Waals surface area contributed by atoms with Gasteiger partial charge in [-0.05, 0) is 34.1 Å². The van der Waals surface area contributed by atoms with Crippen LogP contribution in [0.25, 0.3) is 0 Å². The minimum absolute atomic E-state index is 0.0500. The molecule has 2 heterocycles. The number of sulfone groups is 1. The van der Waals surface area contributed by atoms with E-state index in [9.17, 15) is 18.0 Å². The van der Waals surface area contributed by atoms with Crippen molar-refractivity contribution in [3.05, 3.63) is 0 Å². The van der Waals surface area contributed by atoms with Crippen LogP contribution in [0.3, 0.4) is 0 Å². The summed E-state index contributed by atoms with van der Waals surface area (Å²) in [5.41, 5.74) is -0.526. The van der Waals surface area contributed by atoms with Crippen molar-refractivity contribution in [1.29, 1.82) is 0 Å². The Balaban J connectivity index is 1.86. The van der Waals surface area contributed by atoms with E-state index < -0.39 is 15.4 Å². The number of carbonyl (C=O) groups is 2. The van der Waals surface area contributed by atoms with Crippen LogP contribution in [0.2, 0.25) is 0 Å². The lowest BCUT2D eigenvalue weighted by Gasteiger charge is -2.39. The van der Waals surface area contributed by atoms with Crippen molar-refractivity contribution >= 4 is 21.8 Å². The van der Waals surface area contributed by atoms with Crippen molar-refractivity contribution < 1.29 is 22.7 Å². The molecule has 2 aliphatic heterocycles. The predicted octanol–water partition coefficient (Wildman–Crippen LogP) is 0.573. The molecular formula is C17H31N3O5S. The Bertz CT molecular complexity index is 635. The largest absolute Gasteiger partial charge is 0.444 e. The van der Waals surface area contributed by atoms with E-state index in [2.05, 4.69) is 0 Å². The molecule has 0 aromatic carbocycles. The number of hydrogen-bond donors (Lipinski definition) is 0. The molecule has 2 atom stereocenters. The fourth-order valence-corrected chi connectivity index (χ4v) is 5.10. The van der Waals surface area contributed by atoms with Crippen molar-refractivity contribution in [2.75, 3.05) is 44.7 Å². The highest BCUT2D eigenvalue weighted by molar-refractivity contribution is 7.91. The second kappa shape index (κ2) is 7.72. The zero-order valence-corrected chi connectivity index (χ0v) is 17.2. The van der Waals surface area contributed by atoms with Gasteiger partial charge in [0.2, 0.25) is 5.91 Å². The third kappa shape index (κ3) is 5.33. The third-order valence-corrected chi connectivity index (χ3v) is 6.73. The van der Waals surface area contributed by atoms with E-state index >= 15 is 0 Å². The molecule has 0 bridgehead atoms. The van der Waals surface area contributed by atoms with Crippen LogP contribution in [-0.4, -0.2) is 97.5 Å². The van der Waals surface area contributed by atoms with Crippen LogP contribution < -0.4 is 0 Å². The third-order valence-electron chi connectivity index (χ3n) is 4.97. The van der Waals surface area contributed by atoms with Gasteiger partial charge in [0.25, 0.3) is 0 Å². The summed E-state index contributed by atoms with van der Waals surface area (Å²) >= 11 is 0. The average molecular weight is 390 g/mol. The van der Waals surface area contributed by atoms with Crippen LogP contribution in [0.4, 0.5) is 4.79 Å². The molecule has 8 nitrogen and oxygen atoms in total. The molecule has 0 N–H and O–H groups in total. The van der Waals surface area contributed by atoms with Gasteiger partial charge >= 0.3 is 6.09 Å². The number of amides is 2. The second-order valence-corrected chi connectivity index (χ2v) is 10.4. The minimum Gasteiger partial charge on any atom is -0.444 e. The van der Waals surface area contributed by atoms with Crippen LogP contribution in [0, 0.1) is 0 Å². The lowest BCUT2D eigenvalue weighted by atomic mass is 10.1. The normalized spacial score (nSPS) is 25.0. The van der Waals surface area contributed by atoms with Crippen molar-refractivity contribution in [2.24, 2.45) is 0 Å². The van der Waals surface area contributed by atoms with Gasteiger partial charge in [-0.15, -0.1) is 0 Å². The van der Waals surface area contributed by atoms with Crippen molar-refractivity contribution in [2.45, 2.75) is 51.8 Å². The summed E-state index contributed by atoms with van der Waals surface area (Å²) in [5.74, 6) is 0.130. The van der Waals surface area contributed by atoms with Crippen LogP contribution in [0.15, 0.2) is 0 Å². The quantitative estimate of drug-likeness (QED) is 0.701. The lowest BCUT2D eigenvalue weighted by molar-refractivity contribution is -0.137. The molecule has 2 amide bonds. The van der Waals surface area contributed by atoms with Crippen LogP contribution in [-0.2, 0) is 19.4 Å². The molecule has 2 aliphatic rings. The van der Waals surface area contributed by atoms with Gasteiger partial charge in [0, 0.05) is 39.3 Å². The average Bonchev–Trinajstić information content (AvgIpc) is 2.91. The molecule has 150 valence electrons. The molecule has 26 heavy (non-hydrogen) atoms. The molecule has 0 aromatic rings. The standard InChI is InChI=1S/C17H31N3O5S/c1-13(15(21)18(5)14-6-11-26(23,24)12-14)19-7-9-20(10-8-19)16(22)25-17(2,3)4/h13-14H,6-12H2,1-5H3. The van der Waals surface area contributed by atoms with Crippen molar-refractivity contribution in [3.8, 4) is 0 Å². The fourth-order valence-electron chi connectivity index (χ4n) is 3.33. The Morgan fingerprint density at radius 1 is 1.15 bits per heavy atom. The smallest absolute Gasteiger partial charge is 0.410 e. The molecule has 2 fully saturated rings. The fraction of sp³-hybridized carbons (Fsp3) is 0.882. The van der Waals surface area contributed by atoms with E-state index in [1.165, 1.54) is 0 Å². The maximum atomic E-state index is 12.7. The first-order chi connectivity index (χ1) is 11.9. The van der Waals surface area contributed by atoms with E-state index in [-0.39, 0.29) is 35.6 Å². The molecule has 0 spiro atoms. The van der Waals surface area contributed by atoms with E-state index in [1.807, 2.05) is 32.6 Å². The van der Waals surface area contributed by atoms with Gasteiger partial charge in [0.1, 0.15) is 5.60 Å². The van der Waals surface area contributed by atoms with Crippen LogP contribution >= 0.6 is 0 Å². The first-order valence-corrected chi connectivity index (χ1v) is 10.9. The van der Waals surface area contributed by atoms with Crippen LogP contribution in [0.5, 0.6) is 0 Å². The van der Waals surface area contributed by atoms with E-state index in [1.54, 1.807) is 16.8 Å². The summed E-state index contributed by atoms with van der Waals surface area (Å²) in [6.45, 7) is 9.53. The molecule has 0 aliphatic carbocycles. The van der Waals surface area contributed by atoms with Gasteiger partial charge in [-0.25, -0.2) is 13.2 Å². The number of nitrogens with zero attached hydrogens (tertiary/aromatic N) is 3. The number of likely N-dealkylation sites (N-methyl/N-ethyl adjacent to an activating group) is 1. The van der Waals surface area contributed by atoms with E-state index in [0.717, 1.165) is 0 Å². The monoisotopic (exact) mass is 389 g/mol. The number of ether oxygens (including phenoxy) is 1. The van der Waals surface area contributed by atoms with Crippen molar-refractivity contribution in [1.82, 2.24) is 14.7 Å². The molecule has 0 aromatic heterocycles. The molecule has 2 saturated heterocycles. The predicted molar refractivity (Wildman–Crippen MR) is 98.7 cm³/mol. The first kappa shape index (κ1) is 21.0. The summed E-state index contributed by atoms with van der Waals surface area (Å²) < 4.78 is 28.7. The Hall–Kier alpha value is -1.35. The molecule has 0 saturated carbocycles. The van der Waals surface area contributed by atoms with Crippen molar-refractivity contribution in [3.63, 3.8) is 0 Å². The zero-order chi connectivity index (χ0) is 19.7. The van der Waals surface area contributed by atoms with E-state index in [4.69, 9.17) is 4.74 Å². The number of carbonyl (C=O) groups excluding carboxylic acids is 2. The summed E-state index contributed by atoms with van der Waals surface area (Å²) in [6, 6.07) is -0.581. The Labute approximate surface area is 156 Å². The van der Waals surface area contributed by atoms with Gasteiger partial charge in [-0.3, -0.25) is 9.69 Å². The highest BCUT2D eigenvalue weighted by Crippen LogP contribution is 2.19. The van der Waals surface area contributed by atoms with Gasteiger partial charge < -0.3 is 14.5 Å². The summed E-state index contributed by atoms with van der Waals surface area (Å²) in [4.78, 5) is 30.1. The molecule has 2 rings (SSSR count). The molecular weight excluding hydrogens is 358 g/mol. The van der Waals surface area contributed by atoms with Gasteiger partial charge in [-0.1, -0.05) is 0 Å². The summed E-state index contributed by atoms with van der Waals surface area (Å²) in [6.07, 6.45) is 0.174. The van der Waals surface area contributed by atoms with Gasteiger partial charge in [0.05, 0.1) is 17.5 Å². The number of hydrogen-bond acceptors (Lipinski definition) is 6. The maximum absolute atomic E-state index is 12.7. The SMILES string of the molecule is CC(C(=O)N(C)C1CCS(=O)(=O)C1)N1CCN(C(=O)OC(C)(C)C)CC1. The van der Waals surface area contributed by atoms with Crippen LogP contribution in [0.1, 0.15) is 34.1 Å². The highest BCUT2D eigenvalue weighted by Gasteiger charge is 2.36. The lowest BCUT2D eigenvalue weighted by Crippen LogP contribution is -2.56. The topological polar surface area (TPSA) is 87.2 Å². The Morgan fingerprint density at radius 2 is 1.73 bits per heavy atom. The van der Waals surface area contributed by atoms with Gasteiger partial charge in [-0.2, -0.15) is 0 Å². The maximum Gasteiger partial charge on any atom is 0.410 e.